The van der Waals surface area contributed by atoms with Crippen LogP contribution in [0.2, 0.25) is 0 Å². The Kier molecular flexibility index (Phi) is 5.22. The molecule has 1 aromatic rings. The summed E-state index contributed by atoms with van der Waals surface area (Å²) in [4.78, 5) is 12.0. The summed E-state index contributed by atoms with van der Waals surface area (Å²) < 4.78 is 13.6. The van der Waals surface area contributed by atoms with Crippen molar-refractivity contribution in [2.75, 3.05) is 6.54 Å². The van der Waals surface area contributed by atoms with E-state index < -0.39 is 5.82 Å². The van der Waals surface area contributed by atoms with Crippen LogP contribution in [0, 0.1) is 11.7 Å². The minimum absolute atomic E-state index is 0.130. The van der Waals surface area contributed by atoms with Crippen molar-refractivity contribution in [2.24, 2.45) is 5.92 Å². The van der Waals surface area contributed by atoms with E-state index in [-0.39, 0.29) is 15.8 Å². The van der Waals surface area contributed by atoms with Crippen LogP contribution in [-0.2, 0) is 0 Å². The van der Waals surface area contributed by atoms with Gasteiger partial charge in [-0.05, 0) is 46.8 Å². The minimum atomic E-state index is -0.430. The molecular formula is C14H16BrClFNO. The molecule has 0 radical (unpaired) electrons. The zero-order chi connectivity index (χ0) is 13.8. The third kappa shape index (κ3) is 3.69. The lowest BCUT2D eigenvalue weighted by Crippen LogP contribution is -2.34. The third-order valence-electron chi connectivity index (χ3n) is 3.54. The monoisotopic (exact) mass is 347 g/mol. The van der Waals surface area contributed by atoms with Crippen LogP contribution >= 0.6 is 27.5 Å². The van der Waals surface area contributed by atoms with E-state index in [2.05, 4.69) is 21.2 Å². The maximum Gasteiger partial charge on any atom is 0.252 e. The third-order valence-corrected chi connectivity index (χ3v) is 4.92. The summed E-state index contributed by atoms with van der Waals surface area (Å²) in [6, 6.07) is 4.44. The van der Waals surface area contributed by atoms with Gasteiger partial charge in [-0.25, -0.2) is 4.39 Å². The largest absolute Gasteiger partial charge is 0.352 e. The van der Waals surface area contributed by atoms with Crippen LogP contribution < -0.4 is 5.32 Å². The number of hydrogen-bond donors (Lipinski definition) is 1. The molecule has 2 rings (SSSR count). The lowest BCUT2D eigenvalue weighted by molar-refractivity contribution is 0.0943. The molecular weight excluding hydrogens is 333 g/mol. The first-order valence-corrected chi connectivity index (χ1v) is 7.69. The summed E-state index contributed by atoms with van der Waals surface area (Å²) in [5.41, 5.74) is 0.321. The molecule has 0 aliphatic heterocycles. The molecule has 1 N–H and O–H groups in total. The first-order chi connectivity index (χ1) is 9.09. The second-order valence-corrected chi connectivity index (χ2v) is 6.23. The number of carbonyl (C=O) groups is 1. The Morgan fingerprint density at radius 1 is 1.42 bits per heavy atom. The highest BCUT2D eigenvalue weighted by molar-refractivity contribution is 9.10. The molecule has 1 amide bonds. The Labute approximate surface area is 125 Å². The van der Waals surface area contributed by atoms with Gasteiger partial charge in [0.1, 0.15) is 5.82 Å². The highest BCUT2D eigenvalue weighted by atomic mass is 79.9. The number of amides is 1. The van der Waals surface area contributed by atoms with E-state index in [0.29, 0.717) is 18.0 Å². The minimum Gasteiger partial charge on any atom is -0.352 e. The highest BCUT2D eigenvalue weighted by Gasteiger charge is 2.24. The number of rotatable bonds is 3. The second-order valence-electron chi connectivity index (χ2n) is 4.87. The van der Waals surface area contributed by atoms with Gasteiger partial charge in [-0.15, -0.1) is 11.6 Å². The fourth-order valence-electron chi connectivity index (χ4n) is 2.39. The highest BCUT2D eigenvalue weighted by Crippen LogP contribution is 2.28. The first kappa shape index (κ1) is 14.8. The van der Waals surface area contributed by atoms with Gasteiger partial charge in [0.15, 0.2) is 0 Å². The van der Waals surface area contributed by atoms with Crippen LogP contribution in [0.5, 0.6) is 0 Å². The average molecular weight is 349 g/mol. The molecule has 2 nitrogen and oxygen atoms in total. The molecule has 1 fully saturated rings. The van der Waals surface area contributed by atoms with Crippen LogP contribution in [0.3, 0.4) is 0 Å². The van der Waals surface area contributed by atoms with Crippen molar-refractivity contribution in [3.05, 3.63) is 34.1 Å². The Bertz CT molecular complexity index is 469. The predicted molar refractivity (Wildman–Crippen MR) is 78.0 cm³/mol. The van der Waals surface area contributed by atoms with E-state index in [4.69, 9.17) is 11.6 Å². The molecule has 2 atom stereocenters. The van der Waals surface area contributed by atoms with Crippen LogP contribution in [0.25, 0.3) is 0 Å². The molecule has 1 aliphatic rings. The lowest BCUT2D eigenvalue weighted by Gasteiger charge is -2.27. The van der Waals surface area contributed by atoms with E-state index in [1.54, 1.807) is 6.07 Å². The Hall–Kier alpha value is -0.610. The summed E-state index contributed by atoms with van der Waals surface area (Å²) in [6.07, 6.45) is 4.37. The molecule has 1 saturated carbocycles. The fraction of sp³-hybridized carbons (Fsp3) is 0.500. The zero-order valence-corrected chi connectivity index (χ0v) is 12.8. The van der Waals surface area contributed by atoms with Gasteiger partial charge in [-0.1, -0.05) is 18.9 Å². The molecule has 5 heteroatoms. The average Bonchev–Trinajstić information content (AvgIpc) is 2.40. The molecule has 19 heavy (non-hydrogen) atoms. The van der Waals surface area contributed by atoms with Crippen molar-refractivity contribution in [1.29, 1.82) is 0 Å². The summed E-state index contributed by atoms with van der Waals surface area (Å²) in [5, 5.41) is 2.98. The Morgan fingerprint density at radius 2 is 2.16 bits per heavy atom. The predicted octanol–water partition coefficient (Wildman–Crippen LogP) is 4.12. The summed E-state index contributed by atoms with van der Waals surface area (Å²) >= 11 is 9.34. The van der Waals surface area contributed by atoms with E-state index >= 15 is 0 Å². The molecule has 1 aromatic carbocycles. The Morgan fingerprint density at radius 3 is 2.89 bits per heavy atom. The van der Waals surface area contributed by atoms with Crippen molar-refractivity contribution in [1.82, 2.24) is 5.32 Å². The number of nitrogens with one attached hydrogen (secondary N) is 1. The maximum absolute atomic E-state index is 13.3. The first-order valence-electron chi connectivity index (χ1n) is 6.46. The quantitative estimate of drug-likeness (QED) is 0.818. The summed E-state index contributed by atoms with van der Waals surface area (Å²) in [5.74, 6) is -0.381. The van der Waals surface area contributed by atoms with Crippen LogP contribution in [0.1, 0.15) is 36.0 Å². The second kappa shape index (κ2) is 6.71. The molecule has 0 spiro atoms. The lowest BCUT2D eigenvalue weighted by atomic mass is 9.88. The fourth-order valence-corrected chi connectivity index (χ4v) is 3.20. The van der Waals surface area contributed by atoms with E-state index in [9.17, 15) is 9.18 Å². The smallest absolute Gasteiger partial charge is 0.252 e. The van der Waals surface area contributed by atoms with Gasteiger partial charge in [-0.2, -0.15) is 0 Å². The molecule has 0 heterocycles. The van der Waals surface area contributed by atoms with Gasteiger partial charge in [0, 0.05) is 11.9 Å². The Balaban J connectivity index is 1.95. The van der Waals surface area contributed by atoms with Gasteiger partial charge in [-0.3, -0.25) is 4.79 Å². The van der Waals surface area contributed by atoms with Gasteiger partial charge in [0.25, 0.3) is 5.91 Å². The molecule has 1 aliphatic carbocycles. The van der Waals surface area contributed by atoms with E-state index in [1.165, 1.54) is 12.1 Å². The molecule has 104 valence electrons. The zero-order valence-electron chi connectivity index (χ0n) is 10.5. The van der Waals surface area contributed by atoms with Crippen molar-refractivity contribution in [2.45, 2.75) is 31.1 Å². The topological polar surface area (TPSA) is 29.1 Å². The number of halogens is 3. The van der Waals surface area contributed by atoms with Crippen molar-refractivity contribution in [3.8, 4) is 0 Å². The number of carbonyl (C=O) groups excluding carboxylic acids is 1. The number of benzene rings is 1. The standard InChI is InChI=1S/C14H16BrClFNO/c15-13-10(5-3-7-12(13)17)14(19)18-8-9-4-1-2-6-11(9)16/h3,5,7,9,11H,1-2,4,6,8H2,(H,18,19). The van der Waals surface area contributed by atoms with E-state index in [0.717, 1.165) is 25.7 Å². The summed E-state index contributed by atoms with van der Waals surface area (Å²) in [7, 11) is 0. The van der Waals surface area contributed by atoms with E-state index in [1.807, 2.05) is 0 Å². The normalized spacial score (nSPS) is 23.1. The number of hydrogen-bond acceptors (Lipinski definition) is 1. The van der Waals surface area contributed by atoms with Crippen molar-refractivity contribution >= 4 is 33.4 Å². The summed E-state index contributed by atoms with van der Waals surface area (Å²) in [6.45, 7) is 0.552. The van der Waals surface area contributed by atoms with Gasteiger partial charge >= 0.3 is 0 Å². The molecule has 0 aromatic heterocycles. The maximum atomic E-state index is 13.3. The number of alkyl halides is 1. The molecule has 0 bridgehead atoms. The van der Waals surface area contributed by atoms with Gasteiger partial charge in [0.05, 0.1) is 10.0 Å². The van der Waals surface area contributed by atoms with Crippen molar-refractivity contribution in [3.63, 3.8) is 0 Å². The SMILES string of the molecule is O=C(NCC1CCCCC1Cl)c1cccc(F)c1Br. The van der Waals surface area contributed by atoms with Crippen LogP contribution in [0.15, 0.2) is 22.7 Å². The van der Waals surface area contributed by atoms with Gasteiger partial charge < -0.3 is 5.32 Å². The van der Waals surface area contributed by atoms with Crippen LogP contribution in [-0.4, -0.2) is 17.8 Å². The molecule has 2 unspecified atom stereocenters. The van der Waals surface area contributed by atoms with Crippen LogP contribution in [0.4, 0.5) is 4.39 Å². The molecule has 0 saturated heterocycles. The van der Waals surface area contributed by atoms with Gasteiger partial charge in [0.2, 0.25) is 0 Å². The van der Waals surface area contributed by atoms with Crippen molar-refractivity contribution < 1.29 is 9.18 Å².